The number of carbonyl (C=O) groups excluding carboxylic acids is 4. The van der Waals surface area contributed by atoms with Crippen molar-refractivity contribution >= 4 is 36.0 Å². The van der Waals surface area contributed by atoms with Crippen LogP contribution in [0.3, 0.4) is 0 Å². The molecule has 0 radical (unpaired) electrons. The van der Waals surface area contributed by atoms with Crippen LogP contribution in [0.15, 0.2) is 18.2 Å². The Morgan fingerprint density at radius 2 is 1.91 bits per heavy atom. The van der Waals surface area contributed by atoms with Gasteiger partial charge in [-0.1, -0.05) is 12.1 Å². The van der Waals surface area contributed by atoms with Crippen LogP contribution in [0.2, 0.25) is 0 Å². The summed E-state index contributed by atoms with van der Waals surface area (Å²) < 4.78 is 0. The molecule has 1 saturated heterocycles. The monoisotopic (exact) mass is 323 g/mol. The number of piperidine rings is 1. The van der Waals surface area contributed by atoms with Crippen molar-refractivity contribution in [1.82, 2.24) is 10.2 Å². The Kier molecular flexibility index (Phi) is 4.30. The number of fused-ring (bicyclic) bond motifs is 1. The van der Waals surface area contributed by atoms with E-state index in [1.807, 2.05) is 0 Å². The first kappa shape index (κ1) is 16.1. The van der Waals surface area contributed by atoms with E-state index in [1.54, 1.807) is 18.2 Å². The molecular formula is C14H14ClN3O4. The number of hydrogen-bond donors (Lipinski definition) is 2. The number of carbonyl (C=O) groups is 4. The van der Waals surface area contributed by atoms with E-state index in [2.05, 4.69) is 5.32 Å². The highest BCUT2D eigenvalue weighted by Gasteiger charge is 2.45. The fourth-order valence-corrected chi connectivity index (χ4v) is 2.76. The summed E-state index contributed by atoms with van der Waals surface area (Å²) >= 11 is 0. The topological polar surface area (TPSA) is 110 Å². The van der Waals surface area contributed by atoms with Crippen LogP contribution in [0.4, 0.5) is 0 Å². The fraction of sp³-hybridized carbons (Fsp3) is 0.286. The molecule has 7 nitrogen and oxygen atoms in total. The van der Waals surface area contributed by atoms with Gasteiger partial charge in [0, 0.05) is 13.0 Å². The van der Waals surface area contributed by atoms with Gasteiger partial charge in [-0.3, -0.25) is 29.4 Å². The molecule has 3 N–H and O–H groups in total. The maximum Gasteiger partial charge on any atom is 0.262 e. The Morgan fingerprint density at radius 3 is 2.55 bits per heavy atom. The summed E-state index contributed by atoms with van der Waals surface area (Å²) in [4.78, 5) is 48.9. The molecule has 1 unspecified atom stereocenters. The number of imide groups is 2. The molecule has 0 bridgehead atoms. The normalized spacial score (nSPS) is 20.6. The molecule has 0 spiro atoms. The van der Waals surface area contributed by atoms with E-state index >= 15 is 0 Å². The van der Waals surface area contributed by atoms with Gasteiger partial charge in [-0.2, -0.15) is 0 Å². The summed E-state index contributed by atoms with van der Waals surface area (Å²) in [5.74, 6) is -2.05. The van der Waals surface area contributed by atoms with E-state index in [-0.39, 0.29) is 42.9 Å². The Labute approximate surface area is 132 Å². The van der Waals surface area contributed by atoms with Crippen molar-refractivity contribution in [2.24, 2.45) is 5.73 Å². The van der Waals surface area contributed by atoms with Gasteiger partial charge < -0.3 is 5.73 Å². The van der Waals surface area contributed by atoms with E-state index in [0.717, 1.165) is 4.90 Å². The number of hydrogen-bond acceptors (Lipinski definition) is 5. The third kappa shape index (κ3) is 2.28. The lowest BCUT2D eigenvalue weighted by atomic mass is 10.0. The third-order valence-corrected chi connectivity index (χ3v) is 3.77. The van der Waals surface area contributed by atoms with E-state index < -0.39 is 29.7 Å². The minimum atomic E-state index is -0.944. The first-order chi connectivity index (χ1) is 10.0. The van der Waals surface area contributed by atoms with Gasteiger partial charge >= 0.3 is 0 Å². The summed E-state index contributed by atoms with van der Waals surface area (Å²) in [6.07, 6.45) is 0.252. The molecule has 1 aromatic rings. The van der Waals surface area contributed by atoms with Gasteiger partial charge in [-0.25, -0.2) is 0 Å². The quantitative estimate of drug-likeness (QED) is 0.743. The molecule has 1 fully saturated rings. The lowest BCUT2D eigenvalue weighted by Crippen LogP contribution is -2.54. The van der Waals surface area contributed by atoms with Crippen molar-refractivity contribution in [3.63, 3.8) is 0 Å². The van der Waals surface area contributed by atoms with Crippen LogP contribution in [0.25, 0.3) is 0 Å². The van der Waals surface area contributed by atoms with Crippen LogP contribution < -0.4 is 11.1 Å². The first-order valence-electron chi connectivity index (χ1n) is 6.58. The van der Waals surface area contributed by atoms with Gasteiger partial charge in [0.25, 0.3) is 11.8 Å². The molecule has 2 aliphatic rings. The zero-order valence-corrected chi connectivity index (χ0v) is 12.3. The molecule has 0 aromatic heterocycles. The van der Waals surface area contributed by atoms with Crippen molar-refractivity contribution in [3.8, 4) is 0 Å². The van der Waals surface area contributed by atoms with Crippen molar-refractivity contribution in [2.45, 2.75) is 25.4 Å². The van der Waals surface area contributed by atoms with Crippen LogP contribution in [0, 0.1) is 0 Å². The number of amides is 4. The molecule has 0 aliphatic carbocycles. The van der Waals surface area contributed by atoms with Crippen LogP contribution >= 0.6 is 12.4 Å². The average molecular weight is 324 g/mol. The Bertz CT molecular complexity index is 689. The zero-order chi connectivity index (χ0) is 15.1. The van der Waals surface area contributed by atoms with Crippen molar-refractivity contribution in [1.29, 1.82) is 0 Å². The van der Waals surface area contributed by atoms with Gasteiger partial charge in [-0.15, -0.1) is 12.4 Å². The van der Waals surface area contributed by atoms with Crippen LogP contribution in [-0.2, 0) is 16.1 Å². The highest BCUT2D eigenvalue weighted by Crippen LogP contribution is 2.29. The number of nitrogens with one attached hydrogen (secondary N) is 1. The molecule has 1 aromatic carbocycles. The molecule has 3 rings (SSSR count). The number of nitrogens with two attached hydrogens (primary N) is 1. The Hall–Kier alpha value is -2.25. The number of halogens is 1. The lowest BCUT2D eigenvalue weighted by molar-refractivity contribution is -0.136. The summed E-state index contributed by atoms with van der Waals surface area (Å²) in [5.41, 5.74) is 6.68. The summed E-state index contributed by atoms with van der Waals surface area (Å²) in [7, 11) is 0. The highest BCUT2D eigenvalue weighted by atomic mass is 35.5. The predicted octanol–water partition coefficient (Wildman–Crippen LogP) is -0.0317. The second-order valence-corrected chi connectivity index (χ2v) is 4.99. The molecule has 2 aliphatic heterocycles. The molecule has 1 atom stereocenters. The summed E-state index contributed by atoms with van der Waals surface area (Å²) in [5, 5.41) is 2.15. The van der Waals surface area contributed by atoms with Crippen molar-refractivity contribution in [2.75, 3.05) is 0 Å². The Balaban J connectivity index is 0.00000176. The second kappa shape index (κ2) is 5.86. The summed E-state index contributed by atoms with van der Waals surface area (Å²) in [6.45, 7) is 0.130. The predicted molar refractivity (Wildman–Crippen MR) is 78.3 cm³/mol. The van der Waals surface area contributed by atoms with Gasteiger partial charge in [-0.05, 0) is 18.1 Å². The van der Waals surface area contributed by atoms with Gasteiger partial charge in [0.2, 0.25) is 11.8 Å². The average Bonchev–Trinajstić information content (AvgIpc) is 2.72. The van der Waals surface area contributed by atoms with E-state index in [0.29, 0.717) is 5.56 Å². The fourth-order valence-electron chi connectivity index (χ4n) is 2.76. The van der Waals surface area contributed by atoms with Crippen LogP contribution in [0.1, 0.15) is 39.1 Å². The maximum atomic E-state index is 12.5. The highest BCUT2D eigenvalue weighted by molar-refractivity contribution is 6.24. The van der Waals surface area contributed by atoms with Gasteiger partial charge in [0.15, 0.2) is 0 Å². The lowest BCUT2D eigenvalue weighted by Gasteiger charge is -2.27. The van der Waals surface area contributed by atoms with Crippen molar-refractivity contribution < 1.29 is 19.2 Å². The maximum absolute atomic E-state index is 12.5. The van der Waals surface area contributed by atoms with Gasteiger partial charge in [0.1, 0.15) is 6.04 Å². The third-order valence-electron chi connectivity index (χ3n) is 3.77. The number of nitrogens with zero attached hydrogens (tertiary/aromatic N) is 1. The SMILES string of the molecule is Cl.NCc1cccc2c1C(=O)N(C1CCC(=O)NC1=O)C2=O. The van der Waals surface area contributed by atoms with E-state index in [4.69, 9.17) is 5.73 Å². The number of rotatable bonds is 2. The molecule has 4 amide bonds. The molecule has 0 saturated carbocycles. The minimum absolute atomic E-state index is 0. The standard InChI is InChI=1S/C14H13N3O4.ClH/c15-6-7-2-1-3-8-11(7)14(21)17(13(8)20)9-4-5-10(18)16-12(9)19;/h1-3,9H,4-6,15H2,(H,16,18,19);1H. The van der Waals surface area contributed by atoms with Crippen LogP contribution in [0.5, 0.6) is 0 Å². The van der Waals surface area contributed by atoms with Crippen molar-refractivity contribution in [3.05, 3.63) is 34.9 Å². The smallest absolute Gasteiger partial charge is 0.262 e. The van der Waals surface area contributed by atoms with Gasteiger partial charge in [0.05, 0.1) is 11.1 Å². The van der Waals surface area contributed by atoms with Crippen LogP contribution in [-0.4, -0.2) is 34.6 Å². The molecule has 22 heavy (non-hydrogen) atoms. The molecule has 8 heteroatoms. The minimum Gasteiger partial charge on any atom is -0.326 e. The zero-order valence-electron chi connectivity index (χ0n) is 11.5. The number of benzene rings is 1. The summed E-state index contributed by atoms with van der Waals surface area (Å²) in [6, 6.07) is 3.93. The second-order valence-electron chi connectivity index (χ2n) is 4.99. The first-order valence-corrected chi connectivity index (χ1v) is 6.58. The molecular weight excluding hydrogens is 310 g/mol. The van der Waals surface area contributed by atoms with E-state index in [9.17, 15) is 19.2 Å². The van der Waals surface area contributed by atoms with E-state index in [1.165, 1.54) is 0 Å². The molecule has 116 valence electrons. The Morgan fingerprint density at radius 1 is 1.18 bits per heavy atom. The molecule has 2 heterocycles. The largest absolute Gasteiger partial charge is 0.326 e.